The molecule has 1 aliphatic heterocycles. The van der Waals surface area contributed by atoms with Gasteiger partial charge in [-0.3, -0.25) is 4.72 Å². The van der Waals surface area contributed by atoms with E-state index in [-0.39, 0.29) is 30.3 Å². The molecule has 4 rings (SSSR count). The number of ether oxygens (including phenoxy) is 2. The van der Waals surface area contributed by atoms with E-state index in [0.29, 0.717) is 29.2 Å². The van der Waals surface area contributed by atoms with Crippen molar-refractivity contribution in [2.45, 2.75) is 36.4 Å². The second-order valence-corrected chi connectivity index (χ2v) is 11.0. The van der Waals surface area contributed by atoms with Crippen LogP contribution in [0.2, 0.25) is 0 Å². The lowest BCUT2D eigenvalue weighted by Gasteiger charge is -2.36. The van der Waals surface area contributed by atoms with E-state index in [4.69, 9.17) is 14.6 Å². The molecule has 9 heteroatoms. The van der Waals surface area contributed by atoms with Crippen LogP contribution >= 0.6 is 11.8 Å². The number of hydrogen-bond donors (Lipinski definition) is 3. The van der Waals surface area contributed by atoms with Gasteiger partial charge in [0.05, 0.1) is 30.3 Å². The molecule has 3 aromatic carbocycles. The van der Waals surface area contributed by atoms with E-state index in [9.17, 15) is 13.5 Å². The van der Waals surface area contributed by atoms with Crippen LogP contribution in [0.25, 0.3) is 0 Å². The fraction of sp³-hybridized carbons (Fsp3) is 0.308. The van der Waals surface area contributed by atoms with Gasteiger partial charge >= 0.3 is 0 Å². The maximum absolute atomic E-state index is 12.8. The average Bonchev–Trinajstić information content (AvgIpc) is 2.89. The molecule has 0 bridgehead atoms. The summed E-state index contributed by atoms with van der Waals surface area (Å²) in [5.41, 5.74) is 2.92. The second-order valence-electron chi connectivity index (χ2n) is 8.19. The van der Waals surface area contributed by atoms with Crippen molar-refractivity contribution in [3.05, 3.63) is 95.6 Å². The van der Waals surface area contributed by atoms with Gasteiger partial charge in [0.1, 0.15) is 0 Å². The van der Waals surface area contributed by atoms with Gasteiger partial charge in [0, 0.05) is 29.2 Å². The maximum Gasteiger partial charge on any atom is 0.261 e. The predicted octanol–water partition coefficient (Wildman–Crippen LogP) is 4.25. The van der Waals surface area contributed by atoms with Crippen LogP contribution in [0, 0.1) is 0 Å². The van der Waals surface area contributed by atoms with Crippen molar-refractivity contribution in [3.63, 3.8) is 0 Å². The molecule has 0 aliphatic carbocycles. The zero-order valence-corrected chi connectivity index (χ0v) is 20.8. The Morgan fingerprint density at radius 1 is 0.914 bits per heavy atom. The van der Waals surface area contributed by atoms with E-state index in [2.05, 4.69) is 4.72 Å². The summed E-state index contributed by atoms with van der Waals surface area (Å²) in [5.74, 6) is 1.32. The van der Waals surface area contributed by atoms with Crippen LogP contribution in [0.15, 0.2) is 83.8 Å². The Labute approximate surface area is 210 Å². The lowest BCUT2D eigenvalue weighted by Crippen LogP contribution is -2.31. The molecule has 0 radical (unpaired) electrons. The number of sulfonamides is 1. The van der Waals surface area contributed by atoms with Crippen molar-refractivity contribution in [1.29, 1.82) is 0 Å². The third kappa shape index (κ3) is 6.84. The number of anilines is 1. The first-order valence-corrected chi connectivity index (χ1v) is 14.0. The van der Waals surface area contributed by atoms with Crippen molar-refractivity contribution in [1.82, 2.24) is 0 Å². The Morgan fingerprint density at radius 3 is 2.40 bits per heavy atom. The number of nitrogens with one attached hydrogen (secondary N) is 1. The number of hydrogen-bond acceptors (Lipinski definition) is 7. The van der Waals surface area contributed by atoms with Crippen molar-refractivity contribution < 1.29 is 28.1 Å². The molecule has 186 valence electrons. The Bertz CT molecular complexity index is 1190. The second kappa shape index (κ2) is 12.0. The molecule has 3 atom stereocenters. The minimum Gasteiger partial charge on any atom is -0.396 e. The molecule has 3 aromatic rings. The molecule has 1 fully saturated rings. The molecule has 1 heterocycles. The zero-order valence-electron chi connectivity index (χ0n) is 19.1. The van der Waals surface area contributed by atoms with E-state index >= 15 is 0 Å². The van der Waals surface area contributed by atoms with Gasteiger partial charge in [0.15, 0.2) is 6.29 Å². The first-order chi connectivity index (χ1) is 17.0. The Balaban J connectivity index is 1.55. The van der Waals surface area contributed by atoms with Gasteiger partial charge in [-0.1, -0.05) is 54.6 Å². The summed E-state index contributed by atoms with van der Waals surface area (Å²) in [6, 6.07) is 22.9. The van der Waals surface area contributed by atoms with Crippen molar-refractivity contribution in [2.75, 3.05) is 22.8 Å². The maximum atomic E-state index is 12.8. The van der Waals surface area contributed by atoms with Crippen LogP contribution in [0.4, 0.5) is 5.69 Å². The standard InChI is InChI=1S/C26H29NO6S2/c28-13-14-34-18-23-16-25(20-11-9-19(17-29)10-12-20)33-26(32-23)21-5-4-6-22(15-21)27-35(30,31)24-7-2-1-3-8-24/h1-12,15,23,25-29H,13-14,16-18H2/t23-,25+,26?/m0/s1. The third-order valence-electron chi connectivity index (χ3n) is 5.62. The molecule has 7 nitrogen and oxygen atoms in total. The first-order valence-electron chi connectivity index (χ1n) is 11.4. The molecule has 3 N–H and O–H groups in total. The molecular formula is C26H29NO6S2. The van der Waals surface area contributed by atoms with Crippen molar-refractivity contribution in [3.8, 4) is 0 Å². The largest absolute Gasteiger partial charge is 0.396 e. The van der Waals surface area contributed by atoms with E-state index in [1.54, 1.807) is 60.3 Å². The SMILES string of the molecule is O=S(=O)(Nc1cccc(C2O[C@H](CSCCO)C[C@H](c3ccc(CO)cc3)O2)c1)c1ccccc1. The summed E-state index contributed by atoms with van der Waals surface area (Å²) < 4.78 is 40.7. The highest BCUT2D eigenvalue weighted by molar-refractivity contribution is 7.99. The average molecular weight is 516 g/mol. The van der Waals surface area contributed by atoms with Gasteiger partial charge in [0.25, 0.3) is 10.0 Å². The molecular weight excluding hydrogens is 486 g/mol. The fourth-order valence-electron chi connectivity index (χ4n) is 3.86. The highest BCUT2D eigenvalue weighted by Crippen LogP contribution is 2.39. The minimum atomic E-state index is -3.73. The summed E-state index contributed by atoms with van der Waals surface area (Å²) in [5, 5.41) is 18.5. The lowest BCUT2D eigenvalue weighted by molar-refractivity contribution is -0.245. The van der Waals surface area contributed by atoms with Crippen molar-refractivity contribution in [2.24, 2.45) is 0 Å². The van der Waals surface area contributed by atoms with Gasteiger partial charge < -0.3 is 19.7 Å². The minimum absolute atomic E-state index is 0.0242. The Morgan fingerprint density at radius 2 is 1.69 bits per heavy atom. The number of rotatable bonds is 10. The van der Waals surface area contributed by atoms with Crippen LogP contribution in [0.3, 0.4) is 0 Å². The van der Waals surface area contributed by atoms with Crippen LogP contribution < -0.4 is 4.72 Å². The Kier molecular flexibility index (Phi) is 8.83. The number of benzene rings is 3. The van der Waals surface area contributed by atoms with Gasteiger partial charge in [-0.05, 0) is 35.4 Å². The molecule has 0 amide bonds. The van der Waals surface area contributed by atoms with Gasteiger partial charge in [-0.15, -0.1) is 0 Å². The van der Waals surface area contributed by atoms with Crippen LogP contribution in [-0.2, 0) is 26.1 Å². The van der Waals surface area contributed by atoms with E-state index in [0.717, 1.165) is 11.1 Å². The van der Waals surface area contributed by atoms with Gasteiger partial charge in [0.2, 0.25) is 0 Å². The first kappa shape index (κ1) is 25.7. The number of thioether (sulfide) groups is 1. The van der Waals surface area contributed by atoms with E-state index < -0.39 is 16.3 Å². The molecule has 1 aliphatic rings. The van der Waals surface area contributed by atoms with E-state index in [1.165, 1.54) is 0 Å². The summed E-state index contributed by atoms with van der Waals surface area (Å²) >= 11 is 1.61. The predicted molar refractivity (Wildman–Crippen MR) is 137 cm³/mol. The summed E-state index contributed by atoms with van der Waals surface area (Å²) in [6.45, 7) is 0.0800. The summed E-state index contributed by atoms with van der Waals surface area (Å²) in [6.07, 6.45) is -0.385. The zero-order chi connectivity index (χ0) is 24.7. The van der Waals surface area contributed by atoms with E-state index in [1.807, 2.05) is 30.3 Å². The molecule has 0 saturated carbocycles. The molecule has 0 aromatic heterocycles. The monoisotopic (exact) mass is 515 g/mol. The molecule has 35 heavy (non-hydrogen) atoms. The highest BCUT2D eigenvalue weighted by atomic mass is 32.2. The lowest BCUT2D eigenvalue weighted by atomic mass is 10.0. The summed E-state index contributed by atoms with van der Waals surface area (Å²) in [7, 11) is -3.73. The van der Waals surface area contributed by atoms with Gasteiger partial charge in [-0.25, -0.2) is 8.42 Å². The smallest absolute Gasteiger partial charge is 0.261 e. The fourth-order valence-corrected chi connectivity index (χ4v) is 5.71. The quantitative estimate of drug-likeness (QED) is 0.347. The van der Waals surface area contributed by atoms with Crippen LogP contribution in [0.5, 0.6) is 0 Å². The molecule has 1 unspecified atom stereocenters. The van der Waals surface area contributed by atoms with Crippen molar-refractivity contribution >= 4 is 27.5 Å². The number of aliphatic hydroxyl groups is 2. The molecule has 1 saturated heterocycles. The number of aliphatic hydroxyl groups excluding tert-OH is 2. The molecule has 0 spiro atoms. The Hall–Kier alpha value is -2.40. The topological polar surface area (TPSA) is 105 Å². The third-order valence-corrected chi connectivity index (χ3v) is 8.09. The normalized spacial score (nSPS) is 20.5. The van der Waals surface area contributed by atoms with Crippen LogP contribution in [0.1, 0.15) is 35.5 Å². The van der Waals surface area contributed by atoms with Crippen LogP contribution in [-0.4, -0.2) is 42.8 Å². The highest BCUT2D eigenvalue weighted by Gasteiger charge is 2.32. The summed E-state index contributed by atoms with van der Waals surface area (Å²) in [4.78, 5) is 0.183. The van der Waals surface area contributed by atoms with Gasteiger partial charge in [-0.2, -0.15) is 11.8 Å².